The Bertz CT molecular complexity index is 412. The molecule has 0 bridgehead atoms. The number of carbonyl (C=O) groups excluding carboxylic acids is 1. The molecule has 0 atom stereocenters. The largest absolute Gasteiger partial charge is 0.353 e. The molecule has 0 unspecified atom stereocenters. The first kappa shape index (κ1) is 14.4. The molecular formula is C13H22N4O. The number of amides is 1. The van der Waals surface area contributed by atoms with Gasteiger partial charge in [0, 0.05) is 39.4 Å². The van der Waals surface area contributed by atoms with Gasteiger partial charge in [0.1, 0.15) is 5.82 Å². The smallest absolute Gasteiger partial charge is 0.254 e. The van der Waals surface area contributed by atoms with Crippen molar-refractivity contribution in [1.29, 1.82) is 0 Å². The number of rotatable bonds is 4. The third kappa shape index (κ3) is 2.98. The van der Waals surface area contributed by atoms with E-state index < -0.39 is 0 Å². The Morgan fingerprint density at radius 3 is 2.33 bits per heavy atom. The maximum atomic E-state index is 11.7. The Hall–Kier alpha value is -1.62. The number of hydrogen-bond acceptors (Lipinski definition) is 4. The number of pyridine rings is 1. The van der Waals surface area contributed by atoms with Crippen LogP contribution in [0.15, 0.2) is 18.3 Å². The topological polar surface area (TPSA) is 62.5 Å². The van der Waals surface area contributed by atoms with Crippen LogP contribution >= 0.6 is 0 Å². The molecule has 0 radical (unpaired) electrons. The number of carbonyl (C=O) groups is 1. The summed E-state index contributed by atoms with van der Waals surface area (Å²) in [6, 6.07) is 3.63. The van der Waals surface area contributed by atoms with E-state index in [1.165, 1.54) is 4.90 Å². The molecule has 100 valence electrons. The first-order chi connectivity index (χ1) is 8.29. The van der Waals surface area contributed by atoms with Crippen molar-refractivity contribution in [1.82, 2.24) is 9.88 Å². The average Bonchev–Trinajstić information content (AvgIpc) is 2.37. The van der Waals surface area contributed by atoms with Crippen LogP contribution in [0.1, 0.15) is 24.2 Å². The van der Waals surface area contributed by atoms with Gasteiger partial charge in [-0.2, -0.15) is 0 Å². The number of anilines is 1. The summed E-state index contributed by atoms with van der Waals surface area (Å²) in [6.45, 7) is 4.63. The summed E-state index contributed by atoms with van der Waals surface area (Å²) in [4.78, 5) is 19.6. The fraction of sp³-hybridized carbons (Fsp3) is 0.538. The molecule has 1 heterocycles. The van der Waals surface area contributed by atoms with Crippen LogP contribution in [0.5, 0.6) is 0 Å². The molecule has 0 saturated heterocycles. The molecule has 1 rings (SSSR count). The van der Waals surface area contributed by atoms with Crippen molar-refractivity contribution in [2.45, 2.75) is 19.4 Å². The van der Waals surface area contributed by atoms with Gasteiger partial charge in [-0.15, -0.1) is 0 Å². The molecule has 5 nitrogen and oxygen atoms in total. The van der Waals surface area contributed by atoms with E-state index in [2.05, 4.69) is 4.98 Å². The Labute approximate surface area is 109 Å². The molecule has 2 N–H and O–H groups in total. The van der Waals surface area contributed by atoms with Crippen molar-refractivity contribution < 1.29 is 4.79 Å². The first-order valence-corrected chi connectivity index (χ1v) is 5.91. The normalized spacial score (nSPS) is 11.2. The highest BCUT2D eigenvalue weighted by Gasteiger charge is 2.22. The zero-order chi connectivity index (χ0) is 13.9. The standard InChI is InChI=1S/C13H22N4O/c1-13(2,9-14)17(5)11-7-6-10(8-15-11)12(18)16(3)4/h6-8H,9,14H2,1-5H3. The van der Waals surface area contributed by atoms with Gasteiger partial charge in [0.15, 0.2) is 0 Å². The van der Waals surface area contributed by atoms with Gasteiger partial charge in [-0.3, -0.25) is 4.79 Å². The van der Waals surface area contributed by atoms with Crippen LogP contribution in [0.2, 0.25) is 0 Å². The summed E-state index contributed by atoms with van der Waals surface area (Å²) in [7, 11) is 5.39. The quantitative estimate of drug-likeness (QED) is 0.864. The van der Waals surface area contributed by atoms with E-state index in [-0.39, 0.29) is 11.4 Å². The van der Waals surface area contributed by atoms with Crippen LogP contribution in [0.25, 0.3) is 0 Å². The van der Waals surface area contributed by atoms with Crippen LogP contribution in [0.3, 0.4) is 0 Å². The summed E-state index contributed by atoms with van der Waals surface area (Å²) >= 11 is 0. The van der Waals surface area contributed by atoms with Gasteiger partial charge in [-0.25, -0.2) is 4.98 Å². The van der Waals surface area contributed by atoms with Crippen LogP contribution in [0, 0.1) is 0 Å². The highest BCUT2D eigenvalue weighted by molar-refractivity contribution is 5.93. The number of likely N-dealkylation sites (N-methyl/N-ethyl adjacent to an activating group) is 1. The minimum atomic E-state index is -0.167. The van der Waals surface area contributed by atoms with Gasteiger partial charge < -0.3 is 15.5 Å². The van der Waals surface area contributed by atoms with E-state index >= 15 is 0 Å². The van der Waals surface area contributed by atoms with E-state index in [4.69, 9.17) is 5.73 Å². The lowest BCUT2D eigenvalue weighted by Gasteiger charge is -2.35. The third-order valence-corrected chi connectivity index (χ3v) is 3.15. The zero-order valence-electron chi connectivity index (χ0n) is 11.8. The molecule has 1 amide bonds. The lowest BCUT2D eigenvalue weighted by atomic mass is 10.0. The molecule has 0 spiro atoms. The van der Waals surface area contributed by atoms with E-state index in [1.807, 2.05) is 31.9 Å². The highest BCUT2D eigenvalue weighted by atomic mass is 16.2. The molecule has 0 saturated carbocycles. The van der Waals surface area contributed by atoms with Gasteiger partial charge in [0.2, 0.25) is 0 Å². The summed E-state index contributed by atoms with van der Waals surface area (Å²) in [5, 5.41) is 0. The van der Waals surface area contributed by atoms with E-state index in [1.54, 1.807) is 26.4 Å². The first-order valence-electron chi connectivity index (χ1n) is 5.91. The second kappa shape index (κ2) is 5.35. The highest BCUT2D eigenvalue weighted by Crippen LogP contribution is 2.19. The fourth-order valence-corrected chi connectivity index (χ4v) is 1.42. The molecule has 18 heavy (non-hydrogen) atoms. The fourth-order valence-electron chi connectivity index (χ4n) is 1.42. The van der Waals surface area contributed by atoms with Gasteiger partial charge in [0.05, 0.1) is 5.56 Å². The average molecular weight is 250 g/mol. The van der Waals surface area contributed by atoms with Crippen molar-refractivity contribution in [2.24, 2.45) is 5.73 Å². The maximum Gasteiger partial charge on any atom is 0.254 e. The number of hydrogen-bond donors (Lipinski definition) is 1. The molecular weight excluding hydrogens is 228 g/mol. The van der Waals surface area contributed by atoms with Crippen LogP contribution < -0.4 is 10.6 Å². The second-order valence-electron chi connectivity index (χ2n) is 5.18. The molecule has 0 aliphatic heterocycles. The molecule has 0 fully saturated rings. The number of aromatic nitrogens is 1. The summed E-state index contributed by atoms with van der Waals surface area (Å²) < 4.78 is 0. The second-order valence-corrected chi connectivity index (χ2v) is 5.18. The van der Waals surface area contributed by atoms with E-state index in [9.17, 15) is 4.79 Å². The summed E-state index contributed by atoms with van der Waals surface area (Å²) in [5.74, 6) is 0.760. The lowest BCUT2D eigenvalue weighted by Crippen LogP contribution is -2.47. The monoisotopic (exact) mass is 250 g/mol. The minimum absolute atomic E-state index is 0.0465. The third-order valence-electron chi connectivity index (χ3n) is 3.15. The van der Waals surface area contributed by atoms with Crippen molar-refractivity contribution in [3.8, 4) is 0 Å². The van der Waals surface area contributed by atoms with Crippen LogP contribution in [-0.2, 0) is 0 Å². The Kier molecular flexibility index (Phi) is 4.29. The van der Waals surface area contributed by atoms with Crippen molar-refractivity contribution in [3.05, 3.63) is 23.9 Å². The summed E-state index contributed by atoms with van der Waals surface area (Å²) in [5.41, 5.74) is 6.15. The maximum absolute atomic E-state index is 11.7. The van der Waals surface area contributed by atoms with Gasteiger partial charge in [-0.05, 0) is 26.0 Å². The van der Waals surface area contributed by atoms with Crippen LogP contribution in [-0.4, -0.2) is 49.0 Å². The number of nitrogens with zero attached hydrogens (tertiary/aromatic N) is 3. The minimum Gasteiger partial charge on any atom is -0.353 e. The van der Waals surface area contributed by atoms with Gasteiger partial charge in [-0.1, -0.05) is 0 Å². The Balaban J connectivity index is 2.93. The van der Waals surface area contributed by atoms with E-state index in [0.717, 1.165) is 5.82 Å². The SMILES string of the molecule is CN(C)C(=O)c1ccc(N(C)C(C)(C)CN)nc1. The van der Waals surface area contributed by atoms with Gasteiger partial charge in [0.25, 0.3) is 5.91 Å². The molecule has 0 aliphatic rings. The molecule has 0 aromatic carbocycles. The van der Waals surface area contributed by atoms with Crippen molar-refractivity contribution in [2.75, 3.05) is 32.6 Å². The zero-order valence-corrected chi connectivity index (χ0v) is 11.8. The predicted molar refractivity (Wildman–Crippen MR) is 73.8 cm³/mol. The van der Waals surface area contributed by atoms with E-state index in [0.29, 0.717) is 12.1 Å². The van der Waals surface area contributed by atoms with Crippen molar-refractivity contribution >= 4 is 11.7 Å². The lowest BCUT2D eigenvalue weighted by molar-refractivity contribution is 0.0827. The molecule has 5 heteroatoms. The van der Waals surface area contributed by atoms with Crippen LogP contribution in [0.4, 0.5) is 5.82 Å². The van der Waals surface area contributed by atoms with Gasteiger partial charge >= 0.3 is 0 Å². The molecule has 1 aromatic rings. The number of nitrogens with two attached hydrogens (primary N) is 1. The Morgan fingerprint density at radius 1 is 1.33 bits per heavy atom. The molecule has 1 aromatic heterocycles. The summed E-state index contributed by atoms with van der Waals surface area (Å²) in [6.07, 6.45) is 1.60. The molecule has 0 aliphatic carbocycles. The predicted octanol–water partition coefficient (Wildman–Crippen LogP) is 0.957. The van der Waals surface area contributed by atoms with Crippen molar-refractivity contribution in [3.63, 3.8) is 0 Å². The Morgan fingerprint density at radius 2 is 1.94 bits per heavy atom.